The molecule has 2 nitrogen and oxygen atoms in total. The zero-order valence-electron chi connectivity index (χ0n) is 21.9. The lowest BCUT2D eigenvalue weighted by atomic mass is 9.47. The van der Waals surface area contributed by atoms with Crippen LogP contribution < -0.4 is 0 Å². The van der Waals surface area contributed by atoms with E-state index in [1.165, 1.54) is 57.8 Å². The molecule has 32 heavy (non-hydrogen) atoms. The molecular weight excluding hydrogens is 392 g/mol. The summed E-state index contributed by atoms with van der Waals surface area (Å²) in [6.45, 7) is 14.5. The van der Waals surface area contributed by atoms with Crippen molar-refractivity contribution in [1.82, 2.24) is 0 Å². The summed E-state index contributed by atoms with van der Waals surface area (Å²) in [4.78, 5) is 11.9. The zero-order valence-corrected chi connectivity index (χ0v) is 21.9. The number of allylic oxidation sites excluding steroid dienone is 1. The molecule has 182 valence electrons. The summed E-state index contributed by atoms with van der Waals surface area (Å²) in [6, 6.07) is 0. The summed E-state index contributed by atoms with van der Waals surface area (Å²) in [7, 11) is 0. The first-order valence-corrected chi connectivity index (χ1v) is 14.1. The second kappa shape index (κ2) is 9.46. The topological polar surface area (TPSA) is 26.3 Å². The molecule has 2 heteroatoms. The Morgan fingerprint density at radius 3 is 2.56 bits per heavy atom. The molecule has 4 aliphatic rings. The summed E-state index contributed by atoms with van der Waals surface area (Å²) in [6.07, 6.45) is 17.8. The Kier molecular flexibility index (Phi) is 7.19. The molecule has 0 saturated heterocycles. The van der Waals surface area contributed by atoms with Crippen LogP contribution in [0, 0.1) is 46.3 Å². The standard InChI is InChI=1S/C30H50O2/c1-7-28(31)32-23-15-17-29(5)22(19-23)11-12-24-26-14-13-25(21(4)10-8-9-20(2)3)30(26,6)18-16-27(24)29/h11,20-21,23-27H,7-10,12-19H2,1-6H3/t21?,23?,24?,25?,26?,27?,29-,30+/m0/s1. The quantitative estimate of drug-likeness (QED) is 0.292. The lowest BCUT2D eigenvalue weighted by Gasteiger charge is -2.58. The summed E-state index contributed by atoms with van der Waals surface area (Å²) < 4.78 is 5.76. The van der Waals surface area contributed by atoms with Gasteiger partial charge in [0.1, 0.15) is 6.10 Å². The van der Waals surface area contributed by atoms with Crippen LogP contribution in [-0.2, 0) is 9.53 Å². The molecule has 0 heterocycles. The first kappa shape index (κ1) is 24.3. The fraction of sp³-hybridized carbons (Fsp3) is 0.900. The van der Waals surface area contributed by atoms with Gasteiger partial charge in [-0.1, -0.05) is 72.5 Å². The average molecular weight is 443 g/mol. The molecule has 0 aromatic heterocycles. The Bertz CT molecular complexity index is 708. The van der Waals surface area contributed by atoms with Gasteiger partial charge < -0.3 is 4.74 Å². The van der Waals surface area contributed by atoms with Gasteiger partial charge in [0.25, 0.3) is 0 Å². The molecule has 4 aliphatic carbocycles. The minimum Gasteiger partial charge on any atom is -0.462 e. The van der Waals surface area contributed by atoms with Gasteiger partial charge >= 0.3 is 5.97 Å². The molecule has 0 aliphatic heterocycles. The van der Waals surface area contributed by atoms with Gasteiger partial charge in [0.15, 0.2) is 0 Å². The lowest BCUT2D eigenvalue weighted by molar-refractivity contribution is -0.151. The van der Waals surface area contributed by atoms with E-state index in [1.54, 1.807) is 5.57 Å². The second-order valence-corrected chi connectivity index (χ2v) is 13.0. The third-order valence-electron chi connectivity index (χ3n) is 10.8. The van der Waals surface area contributed by atoms with Crippen molar-refractivity contribution in [2.24, 2.45) is 46.3 Å². The van der Waals surface area contributed by atoms with Gasteiger partial charge in [-0.05, 0) is 91.3 Å². The number of carbonyl (C=O) groups excluding carboxylic acids is 1. The maximum atomic E-state index is 11.9. The molecule has 0 N–H and O–H groups in total. The highest BCUT2D eigenvalue weighted by atomic mass is 16.5. The van der Waals surface area contributed by atoms with E-state index in [0.717, 1.165) is 48.3 Å². The van der Waals surface area contributed by atoms with Crippen LogP contribution in [0.15, 0.2) is 11.6 Å². The lowest BCUT2D eigenvalue weighted by Crippen LogP contribution is -2.51. The Balaban J connectivity index is 1.45. The van der Waals surface area contributed by atoms with Gasteiger partial charge in [-0.3, -0.25) is 4.79 Å². The van der Waals surface area contributed by atoms with E-state index in [0.29, 0.717) is 17.3 Å². The fourth-order valence-corrected chi connectivity index (χ4v) is 9.02. The molecule has 0 bridgehead atoms. The maximum Gasteiger partial charge on any atom is 0.305 e. The third kappa shape index (κ3) is 4.34. The van der Waals surface area contributed by atoms with Crippen molar-refractivity contribution < 1.29 is 9.53 Å². The summed E-state index contributed by atoms with van der Waals surface area (Å²) in [5, 5.41) is 0. The SMILES string of the molecule is CCC(=O)OC1CC[C@@]2(C)C(=CCC3C4CCC(C(C)CCCC(C)C)[C@@]4(C)CCC32)C1. The predicted octanol–water partition coefficient (Wildman–Crippen LogP) is 8.35. The molecule has 4 rings (SSSR count). The van der Waals surface area contributed by atoms with E-state index < -0.39 is 0 Å². The molecule has 3 saturated carbocycles. The van der Waals surface area contributed by atoms with Crippen LogP contribution in [0.25, 0.3) is 0 Å². The molecule has 3 fully saturated rings. The number of rotatable bonds is 7. The first-order chi connectivity index (χ1) is 15.2. The van der Waals surface area contributed by atoms with Gasteiger partial charge in [-0.25, -0.2) is 0 Å². The number of ether oxygens (including phenoxy) is 1. The molecule has 0 aromatic rings. The van der Waals surface area contributed by atoms with Crippen molar-refractivity contribution in [3.8, 4) is 0 Å². The highest BCUT2D eigenvalue weighted by molar-refractivity contribution is 5.69. The molecule has 0 spiro atoms. The van der Waals surface area contributed by atoms with Crippen molar-refractivity contribution >= 4 is 5.97 Å². The van der Waals surface area contributed by atoms with Crippen LogP contribution in [0.5, 0.6) is 0 Å². The van der Waals surface area contributed by atoms with E-state index in [4.69, 9.17) is 4.74 Å². The van der Waals surface area contributed by atoms with Crippen LogP contribution in [-0.4, -0.2) is 12.1 Å². The monoisotopic (exact) mass is 442 g/mol. The van der Waals surface area contributed by atoms with Gasteiger partial charge in [0.05, 0.1) is 0 Å². The fourth-order valence-electron chi connectivity index (χ4n) is 9.02. The number of fused-ring (bicyclic) bond motifs is 5. The normalized spacial score (nSPS) is 42.0. The zero-order chi connectivity index (χ0) is 23.1. The van der Waals surface area contributed by atoms with Gasteiger partial charge in [0, 0.05) is 12.8 Å². The largest absolute Gasteiger partial charge is 0.462 e. The summed E-state index contributed by atoms with van der Waals surface area (Å²) >= 11 is 0. The molecule has 0 amide bonds. The highest BCUT2D eigenvalue weighted by Crippen LogP contribution is 2.67. The smallest absolute Gasteiger partial charge is 0.305 e. The van der Waals surface area contributed by atoms with E-state index >= 15 is 0 Å². The number of hydrogen-bond donors (Lipinski definition) is 0. The third-order valence-corrected chi connectivity index (χ3v) is 10.8. The molecule has 6 unspecified atom stereocenters. The predicted molar refractivity (Wildman–Crippen MR) is 133 cm³/mol. The van der Waals surface area contributed by atoms with E-state index in [2.05, 4.69) is 40.7 Å². The van der Waals surface area contributed by atoms with Gasteiger partial charge in [-0.2, -0.15) is 0 Å². The maximum absolute atomic E-state index is 11.9. The van der Waals surface area contributed by atoms with Crippen LogP contribution >= 0.6 is 0 Å². The Hall–Kier alpha value is -0.790. The molecule has 0 aromatic carbocycles. The van der Waals surface area contributed by atoms with Crippen LogP contribution in [0.1, 0.15) is 119 Å². The van der Waals surface area contributed by atoms with Crippen molar-refractivity contribution in [2.75, 3.05) is 0 Å². The minimum atomic E-state index is -0.0270. The second-order valence-electron chi connectivity index (χ2n) is 13.0. The summed E-state index contributed by atoms with van der Waals surface area (Å²) in [5.41, 5.74) is 2.54. The van der Waals surface area contributed by atoms with Crippen LogP contribution in [0.2, 0.25) is 0 Å². The van der Waals surface area contributed by atoms with Crippen molar-refractivity contribution in [1.29, 1.82) is 0 Å². The minimum absolute atomic E-state index is 0.0270. The van der Waals surface area contributed by atoms with Crippen molar-refractivity contribution in [2.45, 2.75) is 125 Å². The highest BCUT2D eigenvalue weighted by Gasteiger charge is 2.59. The number of hydrogen-bond acceptors (Lipinski definition) is 2. The Morgan fingerprint density at radius 1 is 1.06 bits per heavy atom. The average Bonchev–Trinajstić information content (AvgIpc) is 3.11. The molecule has 8 atom stereocenters. The Morgan fingerprint density at radius 2 is 1.84 bits per heavy atom. The molecular formula is C30H50O2. The first-order valence-electron chi connectivity index (χ1n) is 14.1. The number of esters is 1. The number of carbonyl (C=O) groups is 1. The van der Waals surface area contributed by atoms with E-state index in [9.17, 15) is 4.79 Å². The van der Waals surface area contributed by atoms with E-state index in [-0.39, 0.29) is 12.1 Å². The van der Waals surface area contributed by atoms with Crippen molar-refractivity contribution in [3.63, 3.8) is 0 Å². The van der Waals surface area contributed by atoms with Crippen LogP contribution in [0.4, 0.5) is 0 Å². The van der Waals surface area contributed by atoms with Gasteiger partial charge in [0.2, 0.25) is 0 Å². The Labute approximate surface area is 198 Å². The van der Waals surface area contributed by atoms with Crippen LogP contribution in [0.3, 0.4) is 0 Å². The van der Waals surface area contributed by atoms with Crippen molar-refractivity contribution in [3.05, 3.63) is 11.6 Å². The van der Waals surface area contributed by atoms with Gasteiger partial charge in [-0.15, -0.1) is 0 Å². The molecule has 0 radical (unpaired) electrons. The van der Waals surface area contributed by atoms with E-state index in [1.807, 2.05) is 6.92 Å². The summed E-state index contributed by atoms with van der Waals surface area (Å²) in [5.74, 6) is 5.28.